The molecule has 0 unspecified atom stereocenters. The predicted molar refractivity (Wildman–Crippen MR) is 62.9 cm³/mol. The number of anilines is 2. The summed E-state index contributed by atoms with van der Waals surface area (Å²) in [5, 5.41) is 14.4. The van der Waals surface area contributed by atoms with Crippen LogP contribution in [-0.2, 0) is 7.05 Å². The normalized spacial score (nSPS) is 10.9. The Labute approximate surface area is 96.9 Å². The molecule has 0 saturated carbocycles. The summed E-state index contributed by atoms with van der Waals surface area (Å²) in [4.78, 5) is 8.35. The van der Waals surface area contributed by atoms with Gasteiger partial charge in [0.25, 0.3) is 0 Å². The fourth-order valence-corrected chi connectivity index (χ4v) is 1.65. The van der Waals surface area contributed by atoms with Crippen molar-refractivity contribution < 1.29 is 0 Å². The molecular formula is C10H11N7. The van der Waals surface area contributed by atoms with E-state index >= 15 is 0 Å². The zero-order valence-electron chi connectivity index (χ0n) is 9.47. The first kappa shape index (κ1) is 9.76. The maximum atomic E-state index is 4.23. The van der Waals surface area contributed by atoms with Crippen LogP contribution in [-0.4, -0.2) is 29.9 Å². The molecule has 0 aliphatic heterocycles. The van der Waals surface area contributed by atoms with Crippen LogP contribution in [0.15, 0.2) is 18.6 Å². The van der Waals surface area contributed by atoms with Crippen molar-refractivity contribution >= 4 is 22.7 Å². The van der Waals surface area contributed by atoms with Gasteiger partial charge in [0, 0.05) is 19.3 Å². The number of H-pyrrole nitrogens is 1. The number of aromatic amines is 1. The van der Waals surface area contributed by atoms with Gasteiger partial charge in [0.05, 0.1) is 5.69 Å². The van der Waals surface area contributed by atoms with E-state index in [9.17, 15) is 0 Å². The second-order valence-corrected chi connectivity index (χ2v) is 3.77. The van der Waals surface area contributed by atoms with Gasteiger partial charge in [0.1, 0.15) is 11.8 Å². The molecule has 7 nitrogen and oxygen atoms in total. The van der Waals surface area contributed by atoms with Crippen LogP contribution in [0.3, 0.4) is 0 Å². The van der Waals surface area contributed by atoms with Gasteiger partial charge in [-0.05, 0) is 6.92 Å². The molecular weight excluding hydrogens is 218 g/mol. The minimum absolute atomic E-state index is 0.651. The van der Waals surface area contributed by atoms with E-state index in [1.807, 2.05) is 26.2 Å². The summed E-state index contributed by atoms with van der Waals surface area (Å²) in [7, 11) is 1.86. The van der Waals surface area contributed by atoms with E-state index in [0.29, 0.717) is 5.82 Å². The lowest BCUT2D eigenvalue weighted by Crippen LogP contribution is -1.97. The summed E-state index contributed by atoms with van der Waals surface area (Å²) in [5.74, 6) is 1.38. The van der Waals surface area contributed by atoms with Gasteiger partial charge in [-0.2, -0.15) is 10.2 Å². The summed E-state index contributed by atoms with van der Waals surface area (Å²) in [5.41, 5.74) is 2.46. The summed E-state index contributed by atoms with van der Waals surface area (Å²) >= 11 is 0. The van der Waals surface area contributed by atoms with E-state index < -0.39 is 0 Å². The molecule has 0 aromatic carbocycles. The van der Waals surface area contributed by atoms with Gasteiger partial charge in [-0.25, -0.2) is 9.97 Å². The highest BCUT2D eigenvalue weighted by atomic mass is 15.3. The number of aromatic nitrogens is 6. The lowest BCUT2D eigenvalue weighted by molar-refractivity contribution is 0.771. The molecule has 0 spiro atoms. The third kappa shape index (κ3) is 1.61. The van der Waals surface area contributed by atoms with Crippen LogP contribution in [0.2, 0.25) is 0 Å². The standard InChI is InChI=1S/C10H11N7/c1-6-8-9(15-14-6)10(12-5-11-8)13-7-3-4-17(2)16-7/h3-5H,1-2H3,(H,14,15)(H,11,12,13,16). The highest BCUT2D eigenvalue weighted by Gasteiger charge is 2.09. The van der Waals surface area contributed by atoms with Crippen molar-refractivity contribution in [1.29, 1.82) is 0 Å². The molecule has 3 aromatic rings. The maximum absolute atomic E-state index is 4.23. The third-order valence-electron chi connectivity index (χ3n) is 2.47. The molecule has 86 valence electrons. The van der Waals surface area contributed by atoms with E-state index in [1.54, 1.807) is 4.68 Å². The molecule has 3 heterocycles. The van der Waals surface area contributed by atoms with Gasteiger partial charge in [0.2, 0.25) is 0 Å². The lowest BCUT2D eigenvalue weighted by Gasteiger charge is -2.01. The first-order valence-electron chi connectivity index (χ1n) is 5.16. The third-order valence-corrected chi connectivity index (χ3v) is 2.47. The van der Waals surface area contributed by atoms with Crippen molar-refractivity contribution in [3.8, 4) is 0 Å². The number of hydrogen-bond donors (Lipinski definition) is 2. The lowest BCUT2D eigenvalue weighted by atomic mass is 10.3. The monoisotopic (exact) mass is 229 g/mol. The van der Waals surface area contributed by atoms with E-state index in [1.165, 1.54) is 6.33 Å². The number of nitrogens with one attached hydrogen (secondary N) is 2. The minimum Gasteiger partial charge on any atom is -0.321 e. The van der Waals surface area contributed by atoms with Gasteiger partial charge < -0.3 is 5.32 Å². The predicted octanol–water partition coefficient (Wildman–Crippen LogP) is 1.14. The van der Waals surface area contributed by atoms with Crippen molar-refractivity contribution in [2.45, 2.75) is 6.92 Å². The van der Waals surface area contributed by atoms with Crippen LogP contribution in [0.25, 0.3) is 11.0 Å². The van der Waals surface area contributed by atoms with Gasteiger partial charge in [-0.3, -0.25) is 9.78 Å². The molecule has 0 radical (unpaired) electrons. The average Bonchev–Trinajstić information content (AvgIpc) is 2.88. The highest BCUT2D eigenvalue weighted by molar-refractivity contribution is 5.87. The van der Waals surface area contributed by atoms with Crippen LogP contribution >= 0.6 is 0 Å². The fraction of sp³-hybridized carbons (Fsp3) is 0.200. The zero-order valence-corrected chi connectivity index (χ0v) is 9.47. The number of aryl methyl sites for hydroxylation is 2. The van der Waals surface area contributed by atoms with Crippen molar-refractivity contribution in [2.24, 2.45) is 7.05 Å². The smallest absolute Gasteiger partial charge is 0.163 e. The Hall–Kier alpha value is -2.44. The van der Waals surface area contributed by atoms with Crippen molar-refractivity contribution in [3.05, 3.63) is 24.3 Å². The van der Waals surface area contributed by atoms with Gasteiger partial charge in [-0.1, -0.05) is 0 Å². The quantitative estimate of drug-likeness (QED) is 0.688. The van der Waals surface area contributed by atoms with Crippen molar-refractivity contribution in [2.75, 3.05) is 5.32 Å². The molecule has 3 aromatic heterocycles. The minimum atomic E-state index is 0.651. The Morgan fingerprint density at radius 1 is 1.29 bits per heavy atom. The maximum Gasteiger partial charge on any atom is 0.163 e. The second-order valence-electron chi connectivity index (χ2n) is 3.77. The number of hydrogen-bond acceptors (Lipinski definition) is 5. The zero-order chi connectivity index (χ0) is 11.8. The van der Waals surface area contributed by atoms with Crippen LogP contribution in [0.1, 0.15) is 5.69 Å². The molecule has 0 amide bonds. The van der Waals surface area contributed by atoms with Gasteiger partial charge in [-0.15, -0.1) is 0 Å². The fourth-order valence-electron chi connectivity index (χ4n) is 1.65. The van der Waals surface area contributed by atoms with Crippen LogP contribution in [0.5, 0.6) is 0 Å². The van der Waals surface area contributed by atoms with E-state index in [2.05, 4.69) is 30.6 Å². The molecule has 0 atom stereocenters. The molecule has 7 heteroatoms. The number of nitrogens with zero attached hydrogens (tertiary/aromatic N) is 5. The SMILES string of the molecule is Cc1[nH]nc2c(Nc3ccn(C)n3)ncnc12. The molecule has 0 saturated heterocycles. The van der Waals surface area contributed by atoms with Crippen LogP contribution < -0.4 is 5.32 Å². The van der Waals surface area contributed by atoms with Gasteiger partial charge >= 0.3 is 0 Å². The van der Waals surface area contributed by atoms with Crippen LogP contribution in [0, 0.1) is 6.92 Å². The Kier molecular flexibility index (Phi) is 2.04. The molecule has 0 aliphatic rings. The first-order valence-corrected chi connectivity index (χ1v) is 5.16. The average molecular weight is 229 g/mol. The molecule has 0 bridgehead atoms. The van der Waals surface area contributed by atoms with E-state index in [-0.39, 0.29) is 0 Å². The first-order chi connectivity index (χ1) is 8.24. The second kappa shape index (κ2) is 3.55. The Morgan fingerprint density at radius 3 is 2.94 bits per heavy atom. The summed E-state index contributed by atoms with van der Waals surface area (Å²) < 4.78 is 1.72. The van der Waals surface area contributed by atoms with E-state index in [4.69, 9.17) is 0 Å². The molecule has 0 fully saturated rings. The molecule has 0 aliphatic carbocycles. The Morgan fingerprint density at radius 2 is 2.18 bits per heavy atom. The van der Waals surface area contributed by atoms with Gasteiger partial charge in [0.15, 0.2) is 17.2 Å². The Bertz CT molecular complexity index is 666. The highest BCUT2D eigenvalue weighted by Crippen LogP contribution is 2.21. The van der Waals surface area contributed by atoms with Crippen molar-refractivity contribution in [3.63, 3.8) is 0 Å². The summed E-state index contributed by atoms with van der Waals surface area (Å²) in [6.07, 6.45) is 3.37. The largest absolute Gasteiger partial charge is 0.321 e. The summed E-state index contributed by atoms with van der Waals surface area (Å²) in [6.45, 7) is 1.92. The van der Waals surface area contributed by atoms with E-state index in [0.717, 1.165) is 22.5 Å². The molecule has 2 N–H and O–H groups in total. The summed E-state index contributed by atoms with van der Waals surface area (Å²) in [6, 6.07) is 1.87. The topological polar surface area (TPSA) is 84.3 Å². The Balaban J connectivity index is 2.05. The molecule has 17 heavy (non-hydrogen) atoms. The molecule has 3 rings (SSSR count). The van der Waals surface area contributed by atoms with Crippen molar-refractivity contribution in [1.82, 2.24) is 29.9 Å². The van der Waals surface area contributed by atoms with Crippen LogP contribution in [0.4, 0.5) is 11.6 Å². The number of fused-ring (bicyclic) bond motifs is 1. The number of rotatable bonds is 2.